The lowest BCUT2D eigenvalue weighted by molar-refractivity contribution is -0.142. The van der Waals surface area contributed by atoms with Gasteiger partial charge in [0.15, 0.2) is 0 Å². The molecular formula is C15H20N2O4. The molecule has 1 aromatic rings. The number of carboxylic acid groups (broad SMARTS) is 1. The number of carbonyl (C=O) groups is 2. The first kappa shape index (κ1) is 15.3. The van der Waals surface area contributed by atoms with Crippen LogP contribution in [-0.2, 0) is 16.0 Å². The van der Waals surface area contributed by atoms with E-state index in [1.165, 1.54) is 12.1 Å². The minimum Gasteiger partial charge on any atom is -0.508 e. The largest absolute Gasteiger partial charge is 0.508 e. The maximum absolute atomic E-state index is 12.1. The quantitative estimate of drug-likeness (QED) is 0.633. The first-order valence-corrected chi connectivity index (χ1v) is 7.08. The van der Waals surface area contributed by atoms with E-state index in [-0.39, 0.29) is 24.0 Å². The summed E-state index contributed by atoms with van der Waals surface area (Å²) in [5.74, 6) is -1.23. The number of amides is 1. The lowest BCUT2D eigenvalue weighted by Gasteiger charge is -2.24. The molecule has 1 atom stereocenters. The fourth-order valence-electron chi connectivity index (χ4n) is 2.44. The molecule has 1 saturated heterocycles. The Hall–Kier alpha value is -2.08. The predicted octanol–water partition coefficient (Wildman–Crippen LogP) is 0.504. The summed E-state index contributed by atoms with van der Waals surface area (Å²) in [6.45, 7) is 1.57. The van der Waals surface area contributed by atoms with Crippen LogP contribution in [0.15, 0.2) is 24.3 Å². The Balaban J connectivity index is 1.96. The molecule has 0 aromatic heterocycles. The summed E-state index contributed by atoms with van der Waals surface area (Å²) in [5, 5.41) is 24.3. The van der Waals surface area contributed by atoms with Gasteiger partial charge in [0, 0.05) is 12.3 Å². The standard InChI is InChI=1S/C15H20N2O4/c18-12-3-1-10(2-4-12)9-13(15(20)21)17-14(19)11-5-7-16-8-6-11/h1-4,11,13,16,18H,5-9H2,(H,17,19)(H,20,21). The van der Waals surface area contributed by atoms with Crippen LogP contribution in [-0.4, -0.2) is 41.2 Å². The molecule has 0 aliphatic carbocycles. The van der Waals surface area contributed by atoms with Crippen LogP contribution in [0.4, 0.5) is 0 Å². The molecule has 6 heteroatoms. The number of hydrogen-bond acceptors (Lipinski definition) is 4. The molecule has 21 heavy (non-hydrogen) atoms. The molecule has 1 aromatic carbocycles. The van der Waals surface area contributed by atoms with E-state index >= 15 is 0 Å². The van der Waals surface area contributed by atoms with Crippen LogP contribution >= 0.6 is 0 Å². The van der Waals surface area contributed by atoms with Gasteiger partial charge in [0.1, 0.15) is 11.8 Å². The fraction of sp³-hybridized carbons (Fsp3) is 0.467. The van der Waals surface area contributed by atoms with Gasteiger partial charge >= 0.3 is 5.97 Å². The molecular weight excluding hydrogens is 272 g/mol. The van der Waals surface area contributed by atoms with Crippen LogP contribution in [0, 0.1) is 5.92 Å². The molecule has 1 heterocycles. The van der Waals surface area contributed by atoms with E-state index in [1.54, 1.807) is 12.1 Å². The predicted molar refractivity (Wildman–Crippen MR) is 77.0 cm³/mol. The Morgan fingerprint density at radius 1 is 1.24 bits per heavy atom. The molecule has 1 fully saturated rings. The minimum atomic E-state index is -1.05. The number of aromatic hydroxyl groups is 1. The summed E-state index contributed by atoms with van der Waals surface area (Å²) in [6.07, 6.45) is 1.67. The van der Waals surface area contributed by atoms with E-state index in [0.29, 0.717) is 0 Å². The second kappa shape index (κ2) is 7.08. The van der Waals surface area contributed by atoms with Crippen molar-refractivity contribution < 1.29 is 19.8 Å². The summed E-state index contributed by atoms with van der Waals surface area (Å²) in [6, 6.07) is 5.37. The van der Waals surface area contributed by atoms with E-state index in [0.717, 1.165) is 31.5 Å². The number of piperidine rings is 1. The fourth-order valence-corrected chi connectivity index (χ4v) is 2.44. The normalized spacial score (nSPS) is 17.1. The second-order valence-electron chi connectivity index (χ2n) is 5.29. The molecule has 2 rings (SSSR count). The van der Waals surface area contributed by atoms with Crippen LogP contribution < -0.4 is 10.6 Å². The van der Waals surface area contributed by atoms with Crippen LogP contribution in [0.5, 0.6) is 5.75 Å². The number of aliphatic carboxylic acids is 1. The summed E-state index contributed by atoms with van der Waals surface area (Å²) in [4.78, 5) is 23.4. The van der Waals surface area contributed by atoms with Gasteiger partial charge in [0.05, 0.1) is 0 Å². The van der Waals surface area contributed by atoms with Gasteiger partial charge in [-0.25, -0.2) is 4.79 Å². The van der Waals surface area contributed by atoms with Gasteiger partial charge in [-0.3, -0.25) is 4.79 Å². The highest BCUT2D eigenvalue weighted by Crippen LogP contribution is 2.14. The molecule has 4 N–H and O–H groups in total. The number of carbonyl (C=O) groups excluding carboxylic acids is 1. The number of carboxylic acids is 1. The van der Waals surface area contributed by atoms with Crippen molar-refractivity contribution in [3.05, 3.63) is 29.8 Å². The SMILES string of the molecule is O=C(NC(Cc1ccc(O)cc1)C(=O)O)C1CCNCC1. The average Bonchev–Trinajstić information content (AvgIpc) is 2.49. The number of rotatable bonds is 5. The van der Waals surface area contributed by atoms with Gasteiger partial charge in [0.2, 0.25) is 5.91 Å². The van der Waals surface area contributed by atoms with Crippen molar-refractivity contribution in [1.29, 1.82) is 0 Å². The highest BCUT2D eigenvalue weighted by molar-refractivity contribution is 5.85. The Bertz CT molecular complexity index is 495. The van der Waals surface area contributed by atoms with Crippen LogP contribution in [0.1, 0.15) is 18.4 Å². The van der Waals surface area contributed by atoms with Gasteiger partial charge in [-0.1, -0.05) is 12.1 Å². The lowest BCUT2D eigenvalue weighted by Crippen LogP contribution is -2.46. The average molecular weight is 292 g/mol. The van der Waals surface area contributed by atoms with Crippen LogP contribution in [0.2, 0.25) is 0 Å². The maximum atomic E-state index is 12.1. The summed E-state index contributed by atoms with van der Waals surface area (Å²) >= 11 is 0. The zero-order valence-electron chi connectivity index (χ0n) is 11.7. The Morgan fingerprint density at radius 2 is 1.86 bits per heavy atom. The van der Waals surface area contributed by atoms with E-state index in [4.69, 9.17) is 0 Å². The molecule has 6 nitrogen and oxygen atoms in total. The Labute approximate surface area is 123 Å². The third kappa shape index (κ3) is 4.46. The molecule has 0 spiro atoms. The number of nitrogens with one attached hydrogen (secondary N) is 2. The molecule has 1 aliphatic rings. The first-order valence-electron chi connectivity index (χ1n) is 7.08. The van der Waals surface area contributed by atoms with Crippen molar-refractivity contribution in [2.45, 2.75) is 25.3 Å². The third-order valence-corrected chi connectivity index (χ3v) is 3.70. The zero-order chi connectivity index (χ0) is 15.2. The van der Waals surface area contributed by atoms with Crippen molar-refractivity contribution in [3.8, 4) is 5.75 Å². The molecule has 1 unspecified atom stereocenters. The van der Waals surface area contributed by atoms with Crippen LogP contribution in [0.3, 0.4) is 0 Å². The maximum Gasteiger partial charge on any atom is 0.326 e. The van der Waals surface area contributed by atoms with Crippen molar-refractivity contribution in [3.63, 3.8) is 0 Å². The highest BCUT2D eigenvalue weighted by atomic mass is 16.4. The number of hydrogen-bond donors (Lipinski definition) is 4. The van der Waals surface area contributed by atoms with Crippen molar-refractivity contribution >= 4 is 11.9 Å². The van der Waals surface area contributed by atoms with Gasteiger partial charge in [0.25, 0.3) is 0 Å². The summed E-state index contributed by atoms with van der Waals surface area (Å²) in [7, 11) is 0. The second-order valence-corrected chi connectivity index (χ2v) is 5.29. The van der Waals surface area contributed by atoms with E-state index in [2.05, 4.69) is 10.6 Å². The molecule has 114 valence electrons. The Morgan fingerprint density at radius 3 is 2.43 bits per heavy atom. The van der Waals surface area contributed by atoms with Gasteiger partial charge < -0.3 is 20.8 Å². The monoisotopic (exact) mass is 292 g/mol. The number of benzene rings is 1. The van der Waals surface area contributed by atoms with Gasteiger partial charge in [-0.05, 0) is 43.6 Å². The number of phenolic OH excluding ortho intramolecular Hbond substituents is 1. The minimum absolute atomic E-state index is 0.118. The van der Waals surface area contributed by atoms with E-state index < -0.39 is 12.0 Å². The molecule has 0 radical (unpaired) electrons. The first-order chi connectivity index (χ1) is 10.1. The smallest absolute Gasteiger partial charge is 0.326 e. The summed E-state index contributed by atoms with van der Waals surface area (Å²) in [5.41, 5.74) is 0.755. The molecule has 1 aliphatic heterocycles. The van der Waals surface area contributed by atoms with E-state index in [9.17, 15) is 19.8 Å². The topological polar surface area (TPSA) is 98.7 Å². The molecule has 0 saturated carbocycles. The van der Waals surface area contributed by atoms with Gasteiger partial charge in [-0.15, -0.1) is 0 Å². The molecule has 0 bridgehead atoms. The molecule has 1 amide bonds. The van der Waals surface area contributed by atoms with Crippen molar-refractivity contribution in [2.24, 2.45) is 5.92 Å². The van der Waals surface area contributed by atoms with Crippen molar-refractivity contribution in [2.75, 3.05) is 13.1 Å². The summed E-state index contributed by atoms with van der Waals surface area (Å²) < 4.78 is 0. The Kier molecular flexibility index (Phi) is 5.16. The third-order valence-electron chi connectivity index (χ3n) is 3.70. The van der Waals surface area contributed by atoms with Crippen molar-refractivity contribution in [1.82, 2.24) is 10.6 Å². The van der Waals surface area contributed by atoms with Crippen LogP contribution in [0.25, 0.3) is 0 Å². The zero-order valence-corrected chi connectivity index (χ0v) is 11.7. The van der Waals surface area contributed by atoms with E-state index in [1.807, 2.05) is 0 Å². The number of phenols is 1. The lowest BCUT2D eigenvalue weighted by atomic mass is 9.96. The highest BCUT2D eigenvalue weighted by Gasteiger charge is 2.26. The van der Waals surface area contributed by atoms with Gasteiger partial charge in [-0.2, -0.15) is 0 Å².